The molecule has 0 saturated carbocycles. The highest BCUT2D eigenvalue weighted by atomic mass is 79.9. The van der Waals surface area contributed by atoms with Crippen molar-refractivity contribution in [3.05, 3.63) is 22.1 Å². The molecule has 1 fully saturated rings. The first-order valence-corrected chi connectivity index (χ1v) is 5.58. The zero-order valence-electron chi connectivity index (χ0n) is 8.03. The maximum atomic E-state index is 10.7. The van der Waals surface area contributed by atoms with Crippen LogP contribution in [0.4, 0.5) is 0 Å². The van der Waals surface area contributed by atoms with Crippen molar-refractivity contribution in [1.29, 1.82) is 0 Å². The monoisotopic (exact) mass is 274 g/mol. The number of aromatic carboxylic acids is 1. The van der Waals surface area contributed by atoms with Crippen LogP contribution in [-0.2, 0) is 4.74 Å². The van der Waals surface area contributed by atoms with Crippen molar-refractivity contribution in [2.75, 3.05) is 13.2 Å². The van der Waals surface area contributed by atoms with Gasteiger partial charge in [0.05, 0.1) is 4.47 Å². The molecule has 1 aromatic heterocycles. The second-order valence-electron chi connectivity index (χ2n) is 3.51. The predicted octanol–water partition coefficient (Wildman–Crippen LogP) is 2.63. The van der Waals surface area contributed by atoms with E-state index in [9.17, 15) is 4.79 Å². The zero-order chi connectivity index (χ0) is 10.8. The molecular formula is C10H11BrO4. The fourth-order valence-electron chi connectivity index (χ4n) is 1.73. The molecular weight excluding hydrogens is 264 g/mol. The summed E-state index contributed by atoms with van der Waals surface area (Å²) in [7, 11) is 0. The summed E-state index contributed by atoms with van der Waals surface area (Å²) in [4.78, 5) is 10.7. The largest absolute Gasteiger partial charge is 0.475 e. The van der Waals surface area contributed by atoms with Crippen LogP contribution in [0.15, 0.2) is 15.0 Å². The van der Waals surface area contributed by atoms with Crippen LogP contribution in [0.2, 0.25) is 0 Å². The first-order chi connectivity index (χ1) is 7.18. The van der Waals surface area contributed by atoms with Gasteiger partial charge in [-0.05, 0) is 28.8 Å². The smallest absolute Gasteiger partial charge is 0.371 e. The molecule has 0 bridgehead atoms. The summed E-state index contributed by atoms with van der Waals surface area (Å²) in [5.74, 6) is -0.0469. The maximum absolute atomic E-state index is 10.7. The van der Waals surface area contributed by atoms with E-state index < -0.39 is 5.97 Å². The summed E-state index contributed by atoms with van der Waals surface area (Å²) in [6.07, 6.45) is 1.76. The lowest BCUT2D eigenvalue weighted by molar-refractivity contribution is 0.0647. The van der Waals surface area contributed by atoms with E-state index in [0.717, 1.165) is 23.1 Å². The van der Waals surface area contributed by atoms with Crippen LogP contribution in [0.25, 0.3) is 0 Å². The molecule has 1 saturated heterocycles. The third-order valence-electron chi connectivity index (χ3n) is 2.52. The molecule has 0 radical (unpaired) electrons. The molecule has 0 aliphatic carbocycles. The molecule has 0 atom stereocenters. The van der Waals surface area contributed by atoms with Gasteiger partial charge in [0.25, 0.3) is 0 Å². The molecule has 15 heavy (non-hydrogen) atoms. The van der Waals surface area contributed by atoms with E-state index in [1.54, 1.807) is 0 Å². The molecule has 0 amide bonds. The maximum Gasteiger partial charge on any atom is 0.371 e. The Morgan fingerprint density at radius 1 is 1.47 bits per heavy atom. The number of hydrogen-bond acceptors (Lipinski definition) is 3. The van der Waals surface area contributed by atoms with Crippen molar-refractivity contribution in [2.24, 2.45) is 0 Å². The van der Waals surface area contributed by atoms with Gasteiger partial charge in [-0.3, -0.25) is 0 Å². The highest BCUT2D eigenvalue weighted by Gasteiger charge is 2.24. The molecule has 1 aliphatic rings. The van der Waals surface area contributed by atoms with E-state index in [2.05, 4.69) is 15.9 Å². The van der Waals surface area contributed by atoms with Gasteiger partial charge in [-0.1, -0.05) is 0 Å². The zero-order valence-corrected chi connectivity index (χ0v) is 9.62. The minimum Gasteiger partial charge on any atom is -0.475 e. The van der Waals surface area contributed by atoms with Crippen molar-refractivity contribution in [1.82, 2.24) is 0 Å². The fraction of sp³-hybridized carbons (Fsp3) is 0.500. The van der Waals surface area contributed by atoms with E-state index >= 15 is 0 Å². The van der Waals surface area contributed by atoms with Crippen molar-refractivity contribution in [3.63, 3.8) is 0 Å². The van der Waals surface area contributed by atoms with Crippen LogP contribution < -0.4 is 0 Å². The van der Waals surface area contributed by atoms with Crippen molar-refractivity contribution >= 4 is 21.9 Å². The van der Waals surface area contributed by atoms with Crippen LogP contribution >= 0.6 is 15.9 Å². The minimum atomic E-state index is -1.03. The highest BCUT2D eigenvalue weighted by Crippen LogP contribution is 2.34. The number of carbonyl (C=O) groups is 1. The quantitative estimate of drug-likeness (QED) is 0.901. The normalized spacial score (nSPS) is 17.9. The highest BCUT2D eigenvalue weighted by molar-refractivity contribution is 9.10. The predicted molar refractivity (Wildman–Crippen MR) is 56.2 cm³/mol. The first kappa shape index (κ1) is 10.7. The summed E-state index contributed by atoms with van der Waals surface area (Å²) < 4.78 is 11.3. The molecule has 82 valence electrons. The van der Waals surface area contributed by atoms with Gasteiger partial charge in [-0.2, -0.15) is 0 Å². The molecule has 1 aromatic rings. The molecule has 1 aliphatic heterocycles. The standard InChI is InChI=1S/C10H11BrO4/c11-7-5-8(10(12)13)15-9(7)6-1-3-14-4-2-6/h5-6H,1-4H2,(H,12,13). The number of furan rings is 1. The molecule has 2 rings (SSSR count). The Morgan fingerprint density at radius 2 is 2.13 bits per heavy atom. The number of hydrogen-bond donors (Lipinski definition) is 1. The van der Waals surface area contributed by atoms with Gasteiger partial charge in [-0.25, -0.2) is 4.79 Å². The van der Waals surface area contributed by atoms with Crippen LogP contribution in [0.5, 0.6) is 0 Å². The lowest BCUT2D eigenvalue weighted by atomic mass is 9.98. The number of carboxylic acids is 1. The SMILES string of the molecule is O=C(O)c1cc(Br)c(C2CCOCC2)o1. The van der Waals surface area contributed by atoms with Gasteiger partial charge in [0, 0.05) is 25.2 Å². The average Bonchev–Trinajstić information content (AvgIpc) is 2.62. The van der Waals surface area contributed by atoms with Gasteiger partial charge < -0.3 is 14.3 Å². The van der Waals surface area contributed by atoms with Crippen molar-refractivity contribution in [2.45, 2.75) is 18.8 Å². The minimum absolute atomic E-state index is 0.0108. The molecule has 0 aromatic carbocycles. The molecule has 0 spiro atoms. The summed E-state index contributed by atoms with van der Waals surface area (Å²) in [6.45, 7) is 1.42. The second kappa shape index (κ2) is 4.37. The fourth-order valence-corrected chi connectivity index (χ4v) is 2.34. The Labute approximate surface area is 95.3 Å². The van der Waals surface area contributed by atoms with E-state index in [0.29, 0.717) is 13.2 Å². The molecule has 5 heteroatoms. The van der Waals surface area contributed by atoms with Crippen LogP contribution in [-0.4, -0.2) is 24.3 Å². The Bertz CT molecular complexity index is 365. The number of halogens is 1. The van der Waals surface area contributed by atoms with Crippen LogP contribution in [0.3, 0.4) is 0 Å². The van der Waals surface area contributed by atoms with E-state index in [1.165, 1.54) is 6.07 Å². The third kappa shape index (κ3) is 2.23. The van der Waals surface area contributed by atoms with Crippen molar-refractivity contribution in [3.8, 4) is 0 Å². The van der Waals surface area contributed by atoms with Gasteiger partial charge in [0.1, 0.15) is 5.76 Å². The first-order valence-electron chi connectivity index (χ1n) is 4.78. The Kier molecular flexibility index (Phi) is 3.11. The number of rotatable bonds is 2. The van der Waals surface area contributed by atoms with E-state index in [1.807, 2.05) is 0 Å². The summed E-state index contributed by atoms with van der Waals surface area (Å²) in [5, 5.41) is 8.78. The number of ether oxygens (including phenoxy) is 1. The molecule has 1 N–H and O–H groups in total. The van der Waals surface area contributed by atoms with Gasteiger partial charge in [0.2, 0.25) is 5.76 Å². The van der Waals surface area contributed by atoms with E-state index in [-0.39, 0.29) is 11.7 Å². The second-order valence-corrected chi connectivity index (χ2v) is 4.37. The van der Waals surface area contributed by atoms with Crippen LogP contribution in [0.1, 0.15) is 35.1 Å². The van der Waals surface area contributed by atoms with Gasteiger partial charge in [0.15, 0.2) is 0 Å². The topological polar surface area (TPSA) is 59.7 Å². The molecule has 0 unspecified atom stereocenters. The van der Waals surface area contributed by atoms with Gasteiger partial charge in [-0.15, -0.1) is 0 Å². The van der Waals surface area contributed by atoms with E-state index in [4.69, 9.17) is 14.3 Å². The number of carboxylic acid groups (broad SMARTS) is 1. The third-order valence-corrected chi connectivity index (χ3v) is 3.14. The van der Waals surface area contributed by atoms with Crippen LogP contribution in [0, 0.1) is 0 Å². The van der Waals surface area contributed by atoms with Crippen molar-refractivity contribution < 1.29 is 19.1 Å². The molecule has 2 heterocycles. The summed E-state index contributed by atoms with van der Waals surface area (Å²) in [5.41, 5.74) is 0. The average molecular weight is 275 g/mol. The summed E-state index contributed by atoms with van der Waals surface area (Å²) >= 11 is 3.32. The Balaban J connectivity index is 2.22. The Hall–Kier alpha value is -0.810. The Morgan fingerprint density at radius 3 is 2.67 bits per heavy atom. The van der Waals surface area contributed by atoms with Gasteiger partial charge >= 0.3 is 5.97 Å². The lowest BCUT2D eigenvalue weighted by Crippen LogP contribution is -2.13. The lowest BCUT2D eigenvalue weighted by Gasteiger charge is -2.20. The molecule has 4 nitrogen and oxygen atoms in total. The summed E-state index contributed by atoms with van der Waals surface area (Å²) in [6, 6.07) is 1.51.